The van der Waals surface area contributed by atoms with Gasteiger partial charge in [0.1, 0.15) is 0 Å². The van der Waals surface area contributed by atoms with Crippen molar-refractivity contribution in [2.24, 2.45) is 0 Å². The van der Waals surface area contributed by atoms with Crippen LogP contribution >= 0.6 is 11.6 Å². The molecule has 0 bridgehead atoms. The number of rotatable bonds is 3. The molecule has 0 aliphatic carbocycles. The van der Waals surface area contributed by atoms with Gasteiger partial charge in [-0.25, -0.2) is 0 Å². The molecule has 3 nitrogen and oxygen atoms in total. The SMILES string of the molecule is Nc1c(CCO)cc(Cl)cc1-c1ccc[nH]1. The maximum Gasteiger partial charge on any atom is 0.0475 e. The van der Waals surface area contributed by atoms with Gasteiger partial charge < -0.3 is 15.8 Å². The first-order valence-electron chi connectivity index (χ1n) is 5.05. The Morgan fingerprint density at radius 3 is 2.81 bits per heavy atom. The van der Waals surface area contributed by atoms with Crippen molar-refractivity contribution < 1.29 is 5.11 Å². The van der Waals surface area contributed by atoms with Crippen molar-refractivity contribution >= 4 is 17.3 Å². The fraction of sp³-hybridized carbons (Fsp3) is 0.167. The van der Waals surface area contributed by atoms with E-state index in [9.17, 15) is 0 Å². The van der Waals surface area contributed by atoms with E-state index in [-0.39, 0.29) is 6.61 Å². The third-order valence-corrected chi connectivity index (χ3v) is 2.72. The zero-order chi connectivity index (χ0) is 11.5. The zero-order valence-corrected chi connectivity index (χ0v) is 9.46. The van der Waals surface area contributed by atoms with Gasteiger partial charge in [-0.15, -0.1) is 0 Å². The van der Waals surface area contributed by atoms with E-state index in [2.05, 4.69) is 4.98 Å². The van der Waals surface area contributed by atoms with Gasteiger partial charge in [-0.2, -0.15) is 0 Å². The number of aliphatic hydroxyl groups excluding tert-OH is 1. The van der Waals surface area contributed by atoms with Crippen LogP contribution in [0.1, 0.15) is 5.56 Å². The second-order valence-corrected chi connectivity index (χ2v) is 4.02. The number of aliphatic hydroxyl groups is 1. The number of halogens is 1. The number of nitrogens with two attached hydrogens (primary N) is 1. The van der Waals surface area contributed by atoms with Crippen LogP contribution < -0.4 is 5.73 Å². The number of aromatic nitrogens is 1. The number of nitrogen functional groups attached to an aromatic ring is 1. The molecule has 2 aromatic rings. The molecule has 0 saturated carbocycles. The molecule has 1 aromatic heterocycles. The Morgan fingerprint density at radius 2 is 2.19 bits per heavy atom. The van der Waals surface area contributed by atoms with E-state index in [4.69, 9.17) is 22.4 Å². The molecular weight excluding hydrogens is 224 g/mol. The van der Waals surface area contributed by atoms with Gasteiger partial charge >= 0.3 is 0 Å². The molecule has 0 spiro atoms. The second kappa shape index (κ2) is 4.60. The van der Waals surface area contributed by atoms with Crippen molar-refractivity contribution in [2.45, 2.75) is 6.42 Å². The van der Waals surface area contributed by atoms with E-state index in [0.29, 0.717) is 17.1 Å². The summed E-state index contributed by atoms with van der Waals surface area (Å²) in [5.74, 6) is 0. The van der Waals surface area contributed by atoms with E-state index in [0.717, 1.165) is 16.8 Å². The van der Waals surface area contributed by atoms with Gasteiger partial charge in [0.2, 0.25) is 0 Å². The lowest BCUT2D eigenvalue weighted by atomic mass is 10.0. The first-order valence-corrected chi connectivity index (χ1v) is 5.42. The molecule has 0 fully saturated rings. The molecule has 4 N–H and O–H groups in total. The molecule has 84 valence electrons. The Balaban J connectivity index is 2.53. The number of hydrogen-bond acceptors (Lipinski definition) is 2. The van der Waals surface area contributed by atoms with Crippen LogP contribution in [0.4, 0.5) is 5.69 Å². The van der Waals surface area contributed by atoms with Gasteiger partial charge in [0.15, 0.2) is 0 Å². The first kappa shape index (κ1) is 11.0. The van der Waals surface area contributed by atoms with E-state index >= 15 is 0 Å². The van der Waals surface area contributed by atoms with E-state index in [1.807, 2.05) is 24.4 Å². The number of hydrogen-bond donors (Lipinski definition) is 3. The van der Waals surface area contributed by atoms with Gasteiger partial charge in [-0.3, -0.25) is 0 Å². The molecule has 0 aliphatic heterocycles. The van der Waals surface area contributed by atoms with Crippen LogP contribution in [-0.2, 0) is 6.42 Å². The summed E-state index contributed by atoms with van der Waals surface area (Å²) in [5.41, 5.74) is 9.39. The summed E-state index contributed by atoms with van der Waals surface area (Å²) in [6, 6.07) is 7.45. The summed E-state index contributed by atoms with van der Waals surface area (Å²) in [4.78, 5) is 3.09. The summed E-state index contributed by atoms with van der Waals surface area (Å²) < 4.78 is 0. The Morgan fingerprint density at radius 1 is 1.38 bits per heavy atom. The lowest BCUT2D eigenvalue weighted by molar-refractivity contribution is 0.300. The average molecular weight is 237 g/mol. The third-order valence-electron chi connectivity index (χ3n) is 2.50. The van der Waals surface area contributed by atoms with Crippen LogP contribution in [0.3, 0.4) is 0 Å². The van der Waals surface area contributed by atoms with Crippen molar-refractivity contribution in [3.63, 3.8) is 0 Å². The minimum Gasteiger partial charge on any atom is -0.398 e. The average Bonchev–Trinajstić information content (AvgIpc) is 2.76. The molecule has 0 radical (unpaired) electrons. The normalized spacial score (nSPS) is 10.6. The molecule has 4 heteroatoms. The Kier molecular flexibility index (Phi) is 3.17. The Bertz CT molecular complexity index is 480. The molecule has 0 amide bonds. The summed E-state index contributed by atoms with van der Waals surface area (Å²) in [7, 11) is 0. The number of H-pyrrole nitrogens is 1. The summed E-state index contributed by atoms with van der Waals surface area (Å²) in [6.45, 7) is 0.0642. The van der Waals surface area contributed by atoms with Crippen molar-refractivity contribution in [1.82, 2.24) is 4.98 Å². The Hall–Kier alpha value is -1.45. The minimum absolute atomic E-state index is 0.0642. The number of nitrogens with one attached hydrogen (secondary N) is 1. The summed E-state index contributed by atoms with van der Waals surface area (Å²) in [6.07, 6.45) is 2.35. The second-order valence-electron chi connectivity index (χ2n) is 3.58. The smallest absolute Gasteiger partial charge is 0.0475 e. The molecule has 16 heavy (non-hydrogen) atoms. The molecule has 1 aromatic carbocycles. The monoisotopic (exact) mass is 236 g/mol. The van der Waals surface area contributed by atoms with Gasteiger partial charge in [0, 0.05) is 34.8 Å². The highest BCUT2D eigenvalue weighted by molar-refractivity contribution is 6.31. The lowest BCUT2D eigenvalue weighted by Crippen LogP contribution is -2.00. The highest BCUT2D eigenvalue weighted by Crippen LogP contribution is 2.31. The maximum atomic E-state index is 8.95. The van der Waals surface area contributed by atoms with Crippen molar-refractivity contribution in [3.05, 3.63) is 41.0 Å². The van der Waals surface area contributed by atoms with Crippen LogP contribution in [0.5, 0.6) is 0 Å². The Labute approximate surface area is 98.9 Å². The quantitative estimate of drug-likeness (QED) is 0.717. The molecule has 2 rings (SSSR count). The largest absolute Gasteiger partial charge is 0.398 e. The van der Waals surface area contributed by atoms with Crippen molar-refractivity contribution in [1.29, 1.82) is 0 Å². The minimum atomic E-state index is 0.0642. The molecule has 0 aliphatic rings. The number of benzene rings is 1. The van der Waals surface area contributed by atoms with Crippen LogP contribution in [0.25, 0.3) is 11.3 Å². The highest BCUT2D eigenvalue weighted by atomic mass is 35.5. The zero-order valence-electron chi connectivity index (χ0n) is 8.70. The highest BCUT2D eigenvalue weighted by Gasteiger charge is 2.09. The fourth-order valence-corrected chi connectivity index (χ4v) is 1.96. The summed E-state index contributed by atoms with van der Waals surface area (Å²) in [5, 5.41) is 9.58. The predicted octanol–water partition coefficient (Wildman–Crippen LogP) is 2.45. The molecule has 0 unspecified atom stereocenters. The molecular formula is C12H13ClN2O. The predicted molar refractivity (Wildman–Crippen MR) is 66.4 cm³/mol. The van der Waals surface area contributed by atoms with E-state index in [1.54, 1.807) is 6.07 Å². The number of anilines is 1. The van der Waals surface area contributed by atoms with Gasteiger partial charge in [0.05, 0.1) is 0 Å². The van der Waals surface area contributed by atoms with Crippen LogP contribution in [0, 0.1) is 0 Å². The fourth-order valence-electron chi connectivity index (χ4n) is 1.72. The van der Waals surface area contributed by atoms with Gasteiger partial charge in [-0.1, -0.05) is 11.6 Å². The van der Waals surface area contributed by atoms with E-state index in [1.165, 1.54) is 0 Å². The van der Waals surface area contributed by atoms with Crippen LogP contribution in [0.2, 0.25) is 5.02 Å². The van der Waals surface area contributed by atoms with Crippen LogP contribution in [-0.4, -0.2) is 16.7 Å². The first-order chi connectivity index (χ1) is 7.72. The molecule has 0 atom stereocenters. The lowest BCUT2D eigenvalue weighted by Gasteiger charge is -2.10. The standard InChI is InChI=1S/C12H13ClN2O/c13-9-6-8(3-5-16)12(14)10(7-9)11-2-1-4-15-11/h1-2,4,6-7,15-16H,3,5,14H2. The number of aromatic amines is 1. The third kappa shape index (κ3) is 2.05. The van der Waals surface area contributed by atoms with Crippen molar-refractivity contribution in [2.75, 3.05) is 12.3 Å². The maximum absolute atomic E-state index is 8.95. The van der Waals surface area contributed by atoms with Crippen LogP contribution in [0.15, 0.2) is 30.5 Å². The van der Waals surface area contributed by atoms with Gasteiger partial charge in [0.25, 0.3) is 0 Å². The van der Waals surface area contributed by atoms with E-state index < -0.39 is 0 Å². The topological polar surface area (TPSA) is 62.0 Å². The summed E-state index contributed by atoms with van der Waals surface area (Å²) >= 11 is 6.02. The molecule has 0 saturated heterocycles. The van der Waals surface area contributed by atoms with Gasteiger partial charge in [-0.05, 0) is 36.2 Å². The molecule has 1 heterocycles. The van der Waals surface area contributed by atoms with Crippen molar-refractivity contribution in [3.8, 4) is 11.3 Å².